The molecule has 2 rings (SSSR count). The van der Waals surface area contributed by atoms with Crippen molar-refractivity contribution in [2.75, 3.05) is 13.7 Å². The Morgan fingerprint density at radius 1 is 1.35 bits per heavy atom. The quantitative estimate of drug-likeness (QED) is 0.836. The highest BCUT2D eigenvalue weighted by Gasteiger charge is 2.34. The first-order valence-corrected chi connectivity index (χ1v) is 7.53. The van der Waals surface area contributed by atoms with Crippen molar-refractivity contribution in [3.05, 3.63) is 35.4 Å². The molecule has 128 valence electrons. The number of benzene rings is 1. The van der Waals surface area contributed by atoms with E-state index in [0.29, 0.717) is 12.1 Å². The van der Waals surface area contributed by atoms with Crippen LogP contribution in [0.15, 0.2) is 24.3 Å². The van der Waals surface area contributed by atoms with Crippen molar-refractivity contribution in [3.63, 3.8) is 0 Å². The summed E-state index contributed by atoms with van der Waals surface area (Å²) in [5.41, 5.74) is 5.52. The van der Waals surface area contributed by atoms with Crippen molar-refractivity contribution in [1.29, 1.82) is 0 Å². The van der Waals surface area contributed by atoms with E-state index in [1.165, 1.54) is 19.2 Å². The Hall–Kier alpha value is -1.60. The maximum absolute atomic E-state index is 12.6. The average Bonchev–Trinajstić information content (AvgIpc) is 3.34. The zero-order chi connectivity index (χ0) is 17.0. The number of carbonyl (C=O) groups excluding carboxylic acids is 1. The Morgan fingerprint density at radius 3 is 2.39 bits per heavy atom. The third-order valence-corrected chi connectivity index (χ3v) is 3.94. The van der Waals surface area contributed by atoms with Crippen LogP contribution in [0.25, 0.3) is 0 Å². The number of hydrogen-bond acceptors (Lipinski definition) is 3. The zero-order valence-corrected chi connectivity index (χ0v) is 13.0. The van der Waals surface area contributed by atoms with Crippen LogP contribution in [0.3, 0.4) is 0 Å². The molecule has 1 amide bonds. The molecular formula is C16H21F3N2O2. The fraction of sp³-hybridized carbons (Fsp3) is 0.562. The number of methoxy groups -OCH3 is 1. The third kappa shape index (κ3) is 4.94. The number of halogens is 3. The molecule has 1 aromatic carbocycles. The van der Waals surface area contributed by atoms with E-state index in [1.807, 2.05) is 0 Å². The molecule has 0 bridgehead atoms. The maximum atomic E-state index is 12.6. The molecule has 1 saturated carbocycles. The zero-order valence-electron chi connectivity index (χ0n) is 13.0. The minimum absolute atomic E-state index is 0.0790. The molecule has 1 atom stereocenters. The number of ether oxygens (including phenoxy) is 1. The van der Waals surface area contributed by atoms with Gasteiger partial charge in [0.15, 0.2) is 0 Å². The Labute approximate surface area is 133 Å². The van der Waals surface area contributed by atoms with Crippen LogP contribution in [0.5, 0.6) is 0 Å². The second-order valence-corrected chi connectivity index (χ2v) is 5.75. The number of carbonyl (C=O) groups is 1. The van der Waals surface area contributed by atoms with Crippen LogP contribution in [0.4, 0.5) is 13.2 Å². The summed E-state index contributed by atoms with van der Waals surface area (Å²) in [5, 5.41) is 0. The molecule has 0 heterocycles. The Kier molecular flexibility index (Phi) is 5.64. The summed E-state index contributed by atoms with van der Waals surface area (Å²) >= 11 is 0. The van der Waals surface area contributed by atoms with Crippen LogP contribution in [0, 0.1) is 0 Å². The van der Waals surface area contributed by atoms with Crippen LogP contribution in [0.2, 0.25) is 0 Å². The first-order valence-electron chi connectivity index (χ1n) is 7.53. The fourth-order valence-corrected chi connectivity index (χ4v) is 2.38. The average molecular weight is 330 g/mol. The summed E-state index contributed by atoms with van der Waals surface area (Å²) in [5.74, 6) is -0.0790. The molecule has 7 heteroatoms. The van der Waals surface area contributed by atoms with E-state index < -0.39 is 11.7 Å². The van der Waals surface area contributed by atoms with Gasteiger partial charge in [-0.2, -0.15) is 13.2 Å². The van der Waals surface area contributed by atoms with Gasteiger partial charge in [0.2, 0.25) is 5.91 Å². The summed E-state index contributed by atoms with van der Waals surface area (Å²) in [7, 11) is 1.50. The van der Waals surface area contributed by atoms with Gasteiger partial charge in [-0.15, -0.1) is 0 Å². The number of hydrogen-bond donors (Lipinski definition) is 1. The van der Waals surface area contributed by atoms with Crippen LogP contribution < -0.4 is 5.73 Å². The smallest absolute Gasteiger partial charge is 0.380 e. The second kappa shape index (κ2) is 7.31. The molecule has 1 aromatic rings. The third-order valence-electron chi connectivity index (χ3n) is 3.94. The van der Waals surface area contributed by atoms with Crippen LogP contribution in [-0.2, 0) is 22.3 Å². The number of nitrogens with zero attached hydrogens (tertiary/aromatic N) is 1. The first kappa shape index (κ1) is 17.7. The van der Waals surface area contributed by atoms with Crippen molar-refractivity contribution >= 4 is 5.91 Å². The predicted octanol–water partition coefficient (Wildman–Crippen LogP) is 2.56. The van der Waals surface area contributed by atoms with Crippen molar-refractivity contribution in [1.82, 2.24) is 4.90 Å². The molecule has 1 unspecified atom stereocenters. The van der Waals surface area contributed by atoms with Crippen molar-refractivity contribution < 1.29 is 22.7 Å². The minimum atomic E-state index is -4.35. The van der Waals surface area contributed by atoms with E-state index in [0.717, 1.165) is 25.0 Å². The summed E-state index contributed by atoms with van der Waals surface area (Å²) in [6.07, 6.45) is -2.66. The topological polar surface area (TPSA) is 55.6 Å². The lowest BCUT2D eigenvalue weighted by Crippen LogP contribution is -2.37. The predicted molar refractivity (Wildman–Crippen MR) is 79.5 cm³/mol. The molecule has 0 radical (unpaired) electrons. The van der Waals surface area contributed by atoms with Gasteiger partial charge in [0.05, 0.1) is 18.1 Å². The Morgan fingerprint density at radius 2 is 1.96 bits per heavy atom. The molecule has 4 nitrogen and oxygen atoms in total. The summed E-state index contributed by atoms with van der Waals surface area (Å²) in [4.78, 5) is 14.1. The second-order valence-electron chi connectivity index (χ2n) is 5.75. The molecule has 0 saturated heterocycles. The molecule has 0 aromatic heterocycles. The summed E-state index contributed by atoms with van der Waals surface area (Å²) in [6, 6.07) is 5.09. The molecule has 0 spiro atoms. The van der Waals surface area contributed by atoms with Crippen LogP contribution in [0.1, 0.15) is 30.4 Å². The molecule has 1 aliphatic carbocycles. The molecular weight excluding hydrogens is 309 g/mol. The SMILES string of the molecule is COC(CN)CC(=O)N(Cc1ccc(C(F)(F)F)cc1)C1CC1. The van der Waals surface area contributed by atoms with Gasteiger partial charge in [0.25, 0.3) is 0 Å². The first-order chi connectivity index (χ1) is 10.8. The van der Waals surface area contributed by atoms with Gasteiger partial charge in [0.1, 0.15) is 0 Å². The van der Waals surface area contributed by atoms with E-state index >= 15 is 0 Å². The van der Waals surface area contributed by atoms with E-state index in [4.69, 9.17) is 10.5 Å². The van der Waals surface area contributed by atoms with Gasteiger partial charge >= 0.3 is 6.18 Å². The van der Waals surface area contributed by atoms with E-state index in [-0.39, 0.29) is 31.0 Å². The normalized spacial score (nSPS) is 16.2. The molecule has 23 heavy (non-hydrogen) atoms. The largest absolute Gasteiger partial charge is 0.416 e. The fourth-order valence-electron chi connectivity index (χ4n) is 2.38. The number of nitrogens with two attached hydrogens (primary N) is 1. The Balaban J connectivity index is 2.03. The lowest BCUT2D eigenvalue weighted by molar-refractivity contribution is -0.138. The van der Waals surface area contributed by atoms with E-state index in [9.17, 15) is 18.0 Å². The standard InChI is InChI=1S/C16H21F3N2O2/c1-23-14(9-20)8-15(22)21(13-6-7-13)10-11-2-4-12(5-3-11)16(17,18)19/h2-5,13-14H,6-10,20H2,1H3. The van der Waals surface area contributed by atoms with Crippen LogP contribution in [-0.4, -0.2) is 36.6 Å². The van der Waals surface area contributed by atoms with E-state index in [1.54, 1.807) is 4.90 Å². The number of alkyl halides is 3. The highest BCUT2D eigenvalue weighted by molar-refractivity contribution is 5.77. The van der Waals surface area contributed by atoms with Gasteiger partial charge in [-0.3, -0.25) is 4.79 Å². The van der Waals surface area contributed by atoms with Crippen molar-refractivity contribution in [2.24, 2.45) is 5.73 Å². The molecule has 1 aliphatic rings. The lowest BCUT2D eigenvalue weighted by Gasteiger charge is -2.24. The van der Waals surface area contributed by atoms with Gasteiger partial charge < -0.3 is 15.4 Å². The molecule has 0 aliphatic heterocycles. The summed E-state index contributed by atoms with van der Waals surface area (Å²) < 4.78 is 42.9. The number of rotatable bonds is 7. The maximum Gasteiger partial charge on any atom is 0.416 e. The van der Waals surface area contributed by atoms with Gasteiger partial charge in [-0.25, -0.2) is 0 Å². The van der Waals surface area contributed by atoms with Gasteiger partial charge in [-0.1, -0.05) is 12.1 Å². The van der Waals surface area contributed by atoms with Crippen LogP contribution >= 0.6 is 0 Å². The van der Waals surface area contributed by atoms with Gasteiger partial charge in [-0.05, 0) is 30.5 Å². The van der Waals surface area contributed by atoms with Gasteiger partial charge in [0, 0.05) is 26.2 Å². The van der Waals surface area contributed by atoms with Crippen molar-refractivity contribution in [2.45, 2.75) is 44.1 Å². The highest BCUT2D eigenvalue weighted by Crippen LogP contribution is 2.31. The monoisotopic (exact) mass is 330 g/mol. The Bertz CT molecular complexity index is 523. The molecule has 1 fully saturated rings. The summed E-state index contributed by atoms with van der Waals surface area (Å²) in [6.45, 7) is 0.559. The van der Waals surface area contributed by atoms with E-state index in [2.05, 4.69) is 0 Å². The molecule has 2 N–H and O–H groups in total. The lowest BCUT2D eigenvalue weighted by atomic mass is 10.1. The number of amides is 1. The van der Waals surface area contributed by atoms with Crippen molar-refractivity contribution in [3.8, 4) is 0 Å². The minimum Gasteiger partial charge on any atom is -0.380 e. The highest BCUT2D eigenvalue weighted by atomic mass is 19.4.